The number of carbonyl (C=O) groups excluding carboxylic acids is 1. The average Bonchev–Trinajstić information content (AvgIpc) is 3.47. The Hall–Kier alpha value is -4.23. The summed E-state index contributed by atoms with van der Waals surface area (Å²) < 4.78 is 27.0. The number of aryl methyl sites for hydroxylation is 1. The van der Waals surface area contributed by atoms with E-state index in [9.17, 15) is 18.0 Å². The Balaban J connectivity index is 1.30. The molecule has 1 aliphatic carbocycles. The molecule has 0 bridgehead atoms. The number of anilines is 3. The molecule has 1 saturated carbocycles. The summed E-state index contributed by atoms with van der Waals surface area (Å²) in [7, 11) is 1.87. The second-order valence-corrected chi connectivity index (χ2v) is 14.4. The van der Waals surface area contributed by atoms with Crippen molar-refractivity contribution in [3.05, 3.63) is 80.5 Å². The number of fused-ring (bicyclic) bond motifs is 2. The van der Waals surface area contributed by atoms with Crippen molar-refractivity contribution in [2.45, 2.75) is 25.8 Å². The van der Waals surface area contributed by atoms with E-state index in [0.29, 0.717) is 34.6 Å². The van der Waals surface area contributed by atoms with Gasteiger partial charge in [0, 0.05) is 46.0 Å². The van der Waals surface area contributed by atoms with Crippen molar-refractivity contribution in [1.82, 2.24) is 24.2 Å². The van der Waals surface area contributed by atoms with Gasteiger partial charge in [0.15, 0.2) is 5.69 Å². The van der Waals surface area contributed by atoms with Crippen LogP contribution in [0, 0.1) is 18.8 Å². The van der Waals surface area contributed by atoms with Gasteiger partial charge in [0.25, 0.3) is 11.5 Å². The van der Waals surface area contributed by atoms with E-state index in [0.717, 1.165) is 36.3 Å². The Bertz CT molecular complexity index is 1990. The Morgan fingerprint density at radius 3 is 2.44 bits per heavy atom. The molecular weight excluding hydrogens is 616 g/mol. The molecule has 1 unspecified atom stereocenters. The first-order valence-electron chi connectivity index (χ1n) is 14.6. The van der Waals surface area contributed by atoms with Crippen LogP contribution in [0.1, 0.15) is 46.1 Å². The maximum Gasteiger partial charge on any atom is 0.285 e. The lowest BCUT2D eigenvalue weighted by molar-refractivity contribution is 0.0977. The largest absolute Gasteiger partial charge is 0.377 e. The average molecular weight is 651 g/mol. The normalized spacial score (nSPS) is 19.7. The van der Waals surface area contributed by atoms with Gasteiger partial charge >= 0.3 is 0 Å². The van der Waals surface area contributed by atoms with Crippen molar-refractivity contribution < 1.29 is 13.2 Å². The molecule has 1 saturated heterocycles. The molecule has 0 spiro atoms. The van der Waals surface area contributed by atoms with Crippen molar-refractivity contribution in [3.63, 3.8) is 0 Å². The maximum atomic E-state index is 13.7. The molecule has 2 aliphatic rings. The van der Waals surface area contributed by atoms with Crippen molar-refractivity contribution >= 4 is 55.9 Å². The van der Waals surface area contributed by atoms with Crippen molar-refractivity contribution in [2.24, 2.45) is 18.9 Å². The Labute approximate surface area is 266 Å². The summed E-state index contributed by atoms with van der Waals surface area (Å²) in [6.45, 7) is 5.37. The summed E-state index contributed by atoms with van der Waals surface area (Å²) in [4.78, 5) is 44.4. The van der Waals surface area contributed by atoms with Crippen LogP contribution >= 0.6 is 11.6 Å². The van der Waals surface area contributed by atoms with Crippen LogP contribution in [0.4, 0.5) is 17.5 Å². The van der Waals surface area contributed by atoms with E-state index in [2.05, 4.69) is 32.3 Å². The molecule has 4 heterocycles. The highest BCUT2D eigenvalue weighted by atomic mass is 35.5. The molecular formula is C31H35ClN8O4S. The van der Waals surface area contributed by atoms with Crippen LogP contribution in [-0.4, -0.2) is 67.3 Å². The van der Waals surface area contributed by atoms with Gasteiger partial charge in [-0.1, -0.05) is 23.7 Å². The van der Waals surface area contributed by atoms with E-state index in [-0.39, 0.29) is 22.1 Å². The summed E-state index contributed by atoms with van der Waals surface area (Å²) in [5.74, 6) is 2.02. The molecule has 2 N–H and O–H groups in total. The quantitative estimate of drug-likeness (QED) is 0.272. The summed E-state index contributed by atoms with van der Waals surface area (Å²) in [6.07, 6.45) is 2.86. The Morgan fingerprint density at radius 1 is 1.11 bits per heavy atom. The number of sulfonamides is 1. The minimum Gasteiger partial charge on any atom is -0.377 e. The second-order valence-electron chi connectivity index (χ2n) is 12.2. The minimum absolute atomic E-state index is 0.0374. The van der Waals surface area contributed by atoms with Gasteiger partial charge in [-0.15, -0.1) is 0 Å². The topological polar surface area (TPSA) is 142 Å². The van der Waals surface area contributed by atoms with E-state index in [1.165, 1.54) is 11.6 Å². The molecule has 4 atom stereocenters. The monoisotopic (exact) mass is 650 g/mol. The molecule has 1 aliphatic heterocycles. The van der Waals surface area contributed by atoms with Crippen molar-refractivity contribution in [1.29, 1.82) is 0 Å². The van der Waals surface area contributed by atoms with Crippen molar-refractivity contribution in [3.8, 4) is 0 Å². The van der Waals surface area contributed by atoms with Crippen LogP contribution in [-0.2, 0) is 17.1 Å². The zero-order chi connectivity index (χ0) is 32.4. The number of carbonyl (C=O) groups is 1. The van der Waals surface area contributed by atoms with Crippen LogP contribution in [0.5, 0.6) is 0 Å². The number of piperidine rings is 1. The lowest BCUT2D eigenvalue weighted by Crippen LogP contribution is -2.32. The van der Waals surface area contributed by atoms with Gasteiger partial charge in [-0.3, -0.25) is 14.2 Å². The smallest absolute Gasteiger partial charge is 0.285 e. The van der Waals surface area contributed by atoms with Crippen LogP contribution in [0.25, 0.3) is 10.9 Å². The van der Waals surface area contributed by atoms with Gasteiger partial charge in [-0.25, -0.2) is 28.1 Å². The van der Waals surface area contributed by atoms with E-state index in [1.807, 2.05) is 55.9 Å². The fraction of sp³-hybridized carbons (Fsp3) is 0.387. The summed E-state index contributed by atoms with van der Waals surface area (Å²) in [5, 5.41) is 3.79. The predicted molar refractivity (Wildman–Crippen MR) is 176 cm³/mol. The number of rotatable bonds is 8. The number of hydrogen-bond acceptors (Lipinski definition) is 10. The highest BCUT2D eigenvalue weighted by molar-refractivity contribution is 7.89. The molecule has 14 heteroatoms. The zero-order valence-corrected chi connectivity index (χ0v) is 27.4. The van der Waals surface area contributed by atoms with Gasteiger partial charge < -0.3 is 15.1 Å². The van der Waals surface area contributed by atoms with Crippen molar-refractivity contribution in [2.75, 3.05) is 48.6 Å². The van der Waals surface area contributed by atoms with Crippen LogP contribution in [0.3, 0.4) is 0 Å². The summed E-state index contributed by atoms with van der Waals surface area (Å²) >= 11 is 6.05. The number of pyridine rings is 2. The fourth-order valence-electron chi connectivity index (χ4n) is 6.45. The van der Waals surface area contributed by atoms with E-state index >= 15 is 0 Å². The van der Waals surface area contributed by atoms with Gasteiger partial charge in [0.05, 0.1) is 28.9 Å². The highest BCUT2D eigenvalue weighted by Crippen LogP contribution is 2.58. The molecule has 4 aromatic rings. The number of aromatic nitrogens is 4. The van der Waals surface area contributed by atoms with E-state index < -0.39 is 22.0 Å². The van der Waals surface area contributed by atoms with Crippen LogP contribution in [0.2, 0.25) is 5.15 Å². The minimum atomic E-state index is -3.83. The molecule has 1 aromatic carbocycles. The summed E-state index contributed by atoms with van der Waals surface area (Å²) in [5.41, 5.74) is 3.40. The molecule has 45 heavy (non-hydrogen) atoms. The van der Waals surface area contributed by atoms with Gasteiger partial charge in [0.2, 0.25) is 16.0 Å². The molecule has 1 amide bonds. The summed E-state index contributed by atoms with van der Waals surface area (Å²) in [6, 6.07) is 10.6. The maximum absolute atomic E-state index is 13.7. The Kier molecular flexibility index (Phi) is 7.72. The first kappa shape index (κ1) is 30.8. The van der Waals surface area contributed by atoms with E-state index in [4.69, 9.17) is 16.6 Å². The van der Waals surface area contributed by atoms with Crippen LogP contribution in [0.15, 0.2) is 47.4 Å². The standard InChI is InChI=1S/C31H35ClN8O4S/c1-16-11-19(17(2)34-23-8-9-24(32)35-28(23)29(41)37-45(6,43)44)27-20(12-16)30(42)39(5)31(36-27)40-14-21-22(15-40)26(21)18-7-10-25(33-13-18)38(3)4/h7-13,17,21-22,26,34H,14-15H2,1-6H3,(H,37,41)/t17-,21-,22+,26?/m1/s1. The number of amides is 1. The first-order chi connectivity index (χ1) is 21.2. The molecule has 6 rings (SSSR count). The number of nitrogens with zero attached hydrogens (tertiary/aromatic N) is 6. The molecule has 2 fully saturated rings. The number of benzene rings is 1. The van der Waals surface area contributed by atoms with E-state index in [1.54, 1.807) is 17.7 Å². The molecule has 12 nitrogen and oxygen atoms in total. The highest BCUT2D eigenvalue weighted by Gasteiger charge is 2.57. The lowest BCUT2D eigenvalue weighted by atomic mass is 10.0. The third-order valence-corrected chi connectivity index (χ3v) is 9.38. The first-order valence-corrected chi connectivity index (χ1v) is 16.8. The molecule has 0 radical (unpaired) electrons. The van der Waals surface area contributed by atoms with Gasteiger partial charge in [0.1, 0.15) is 11.0 Å². The second kappa shape index (κ2) is 11.3. The van der Waals surface area contributed by atoms with Crippen LogP contribution < -0.4 is 25.4 Å². The Morgan fingerprint density at radius 2 is 1.82 bits per heavy atom. The third-order valence-electron chi connectivity index (χ3n) is 8.61. The number of hydrogen-bond donors (Lipinski definition) is 2. The SMILES string of the molecule is Cc1cc([C@@H](C)Nc2ccc(Cl)nc2C(=O)NS(C)(=O)=O)c2nc(N3C[C@@H]4C(c5ccc(N(C)C)nc5)[C@@H]4C3)n(C)c(=O)c2c1. The third kappa shape index (κ3) is 5.94. The number of nitrogens with one attached hydrogen (secondary N) is 2. The van der Waals surface area contributed by atoms with Gasteiger partial charge in [-0.05, 0) is 67.0 Å². The zero-order valence-electron chi connectivity index (χ0n) is 25.9. The molecule has 3 aromatic heterocycles. The van der Waals surface area contributed by atoms with Gasteiger partial charge in [-0.2, -0.15) is 0 Å². The predicted octanol–water partition coefficient (Wildman–Crippen LogP) is 3.46. The lowest BCUT2D eigenvalue weighted by Gasteiger charge is -2.25. The number of halogens is 1. The fourth-order valence-corrected chi connectivity index (χ4v) is 7.03. The molecule has 236 valence electrons.